The minimum Gasteiger partial charge on any atom is -0.497 e. The molecule has 2 saturated heterocycles. The van der Waals surface area contributed by atoms with Crippen LogP contribution in [0.2, 0.25) is 0 Å². The highest BCUT2D eigenvalue weighted by molar-refractivity contribution is 5.95. The van der Waals surface area contributed by atoms with Crippen molar-refractivity contribution in [3.8, 4) is 11.5 Å². The number of carbonyl (C=O) groups excluding carboxylic acids is 2. The molecule has 1 atom stereocenters. The van der Waals surface area contributed by atoms with E-state index in [9.17, 15) is 9.59 Å². The maximum atomic E-state index is 12.9. The second-order valence-electron chi connectivity index (χ2n) is 6.57. The van der Waals surface area contributed by atoms with Gasteiger partial charge in [-0.3, -0.25) is 9.59 Å². The molecule has 2 heterocycles. The smallest absolute Gasteiger partial charge is 0.254 e. The van der Waals surface area contributed by atoms with Crippen LogP contribution in [-0.2, 0) is 9.53 Å². The molecule has 1 unspecified atom stereocenters. The van der Waals surface area contributed by atoms with Gasteiger partial charge in [0.25, 0.3) is 11.8 Å². The van der Waals surface area contributed by atoms with Gasteiger partial charge in [0.05, 0.1) is 14.2 Å². The fraction of sp³-hybridized carbons (Fsp3) is 0.579. The third-order valence-electron chi connectivity index (χ3n) is 4.90. The first-order valence-corrected chi connectivity index (χ1v) is 9.05. The van der Waals surface area contributed by atoms with Crippen LogP contribution in [0.1, 0.15) is 29.6 Å². The zero-order chi connectivity index (χ0) is 18.5. The van der Waals surface area contributed by atoms with E-state index in [4.69, 9.17) is 14.2 Å². The summed E-state index contributed by atoms with van der Waals surface area (Å²) < 4.78 is 16.0. The summed E-state index contributed by atoms with van der Waals surface area (Å²) in [5, 5.41) is 0. The van der Waals surface area contributed by atoms with Crippen molar-refractivity contribution in [1.82, 2.24) is 9.80 Å². The third kappa shape index (κ3) is 4.09. The average Bonchev–Trinajstić information content (AvgIpc) is 3.11. The molecule has 0 spiro atoms. The molecule has 2 amide bonds. The van der Waals surface area contributed by atoms with Crippen molar-refractivity contribution >= 4 is 11.8 Å². The second-order valence-corrected chi connectivity index (χ2v) is 6.57. The average molecular weight is 362 g/mol. The topological polar surface area (TPSA) is 68.3 Å². The van der Waals surface area contributed by atoms with E-state index in [0.29, 0.717) is 49.8 Å². The molecule has 2 aliphatic heterocycles. The molecule has 26 heavy (non-hydrogen) atoms. The lowest BCUT2D eigenvalue weighted by molar-refractivity contribution is -0.140. The van der Waals surface area contributed by atoms with Crippen LogP contribution in [0.5, 0.6) is 11.5 Å². The van der Waals surface area contributed by atoms with E-state index in [1.165, 1.54) is 0 Å². The third-order valence-corrected chi connectivity index (χ3v) is 4.90. The quantitative estimate of drug-likeness (QED) is 0.813. The highest BCUT2D eigenvalue weighted by Crippen LogP contribution is 2.24. The Morgan fingerprint density at radius 3 is 2.23 bits per heavy atom. The van der Waals surface area contributed by atoms with Crippen molar-refractivity contribution in [2.75, 3.05) is 47.0 Å². The molecular formula is C19H26N2O5. The minimum atomic E-state index is -0.306. The van der Waals surface area contributed by atoms with E-state index in [2.05, 4.69) is 0 Å². The highest BCUT2D eigenvalue weighted by atomic mass is 16.5. The van der Waals surface area contributed by atoms with Gasteiger partial charge in [0.1, 0.15) is 17.6 Å². The van der Waals surface area contributed by atoms with E-state index in [0.717, 1.165) is 19.3 Å². The number of amides is 2. The van der Waals surface area contributed by atoms with Gasteiger partial charge >= 0.3 is 0 Å². The maximum absolute atomic E-state index is 12.9. The molecule has 0 N–H and O–H groups in total. The van der Waals surface area contributed by atoms with Crippen LogP contribution in [0.4, 0.5) is 0 Å². The van der Waals surface area contributed by atoms with Crippen LogP contribution < -0.4 is 9.47 Å². The zero-order valence-electron chi connectivity index (χ0n) is 15.4. The number of hydrogen-bond donors (Lipinski definition) is 0. The largest absolute Gasteiger partial charge is 0.497 e. The molecule has 0 aliphatic carbocycles. The number of nitrogens with zero attached hydrogens (tertiary/aromatic N) is 2. The number of methoxy groups -OCH3 is 2. The monoisotopic (exact) mass is 362 g/mol. The van der Waals surface area contributed by atoms with Crippen LogP contribution in [0.15, 0.2) is 18.2 Å². The van der Waals surface area contributed by atoms with Crippen molar-refractivity contribution in [2.24, 2.45) is 0 Å². The molecule has 1 aromatic carbocycles. The summed E-state index contributed by atoms with van der Waals surface area (Å²) in [6, 6.07) is 5.16. The second kappa shape index (κ2) is 8.40. The number of rotatable bonds is 4. The van der Waals surface area contributed by atoms with E-state index in [1.54, 1.807) is 37.3 Å². The van der Waals surface area contributed by atoms with Crippen molar-refractivity contribution in [1.29, 1.82) is 0 Å². The summed E-state index contributed by atoms with van der Waals surface area (Å²) in [6.07, 6.45) is 2.18. The van der Waals surface area contributed by atoms with Crippen molar-refractivity contribution < 1.29 is 23.8 Å². The van der Waals surface area contributed by atoms with Crippen molar-refractivity contribution in [2.45, 2.75) is 25.4 Å². The predicted octanol–water partition coefficient (Wildman–Crippen LogP) is 1.56. The van der Waals surface area contributed by atoms with Crippen LogP contribution in [0.3, 0.4) is 0 Å². The Hall–Kier alpha value is -2.28. The Bertz CT molecular complexity index is 635. The SMILES string of the molecule is COc1cc(OC)cc(C(=O)N2CCCN(C(=O)C3CCCO3)CC2)c1. The van der Waals surface area contributed by atoms with Crippen LogP contribution in [0, 0.1) is 0 Å². The molecule has 0 bridgehead atoms. The molecule has 1 aromatic rings. The lowest BCUT2D eigenvalue weighted by atomic mass is 10.1. The molecule has 2 fully saturated rings. The first-order valence-electron chi connectivity index (χ1n) is 9.05. The zero-order valence-corrected chi connectivity index (χ0v) is 15.4. The highest BCUT2D eigenvalue weighted by Gasteiger charge is 2.30. The number of ether oxygens (including phenoxy) is 3. The van der Waals surface area contributed by atoms with Gasteiger partial charge in [0.15, 0.2) is 0 Å². The summed E-state index contributed by atoms with van der Waals surface area (Å²) in [5.74, 6) is 1.14. The van der Waals surface area contributed by atoms with Gasteiger partial charge in [-0.2, -0.15) is 0 Å². The van der Waals surface area contributed by atoms with E-state index in [-0.39, 0.29) is 17.9 Å². The first-order chi connectivity index (χ1) is 12.6. The van der Waals surface area contributed by atoms with E-state index < -0.39 is 0 Å². The Morgan fingerprint density at radius 1 is 0.962 bits per heavy atom. The molecule has 3 rings (SSSR count). The lowest BCUT2D eigenvalue weighted by Gasteiger charge is -2.24. The molecule has 0 aromatic heterocycles. The standard InChI is InChI=1S/C19H26N2O5/c1-24-15-11-14(12-16(13-15)25-2)18(22)20-6-4-7-21(9-8-20)19(23)17-5-3-10-26-17/h11-13,17H,3-10H2,1-2H3. The molecule has 142 valence electrons. The lowest BCUT2D eigenvalue weighted by Crippen LogP contribution is -2.41. The van der Waals surface area contributed by atoms with Gasteiger partial charge in [-0.1, -0.05) is 0 Å². The van der Waals surface area contributed by atoms with Gasteiger partial charge in [0, 0.05) is 44.4 Å². The summed E-state index contributed by atoms with van der Waals surface area (Å²) in [6.45, 7) is 2.98. The first kappa shape index (κ1) is 18.5. The Morgan fingerprint density at radius 2 is 1.62 bits per heavy atom. The Labute approximate surface area is 153 Å². The van der Waals surface area contributed by atoms with Crippen LogP contribution in [0.25, 0.3) is 0 Å². The van der Waals surface area contributed by atoms with E-state index in [1.807, 2.05) is 4.90 Å². The normalized spacial score (nSPS) is 20.6. The Kier molecular flexibility index (Phi) is 5.98. The Balaban J connectivity index is 1.66. The van der Waals surface area contributed by atoms with Gasteiger partial charge in [0.2, 0.25) is 0 Å². The maximum Gasteiger partial charge on any atom is 0.254 e. The fourth-order valence-electron chi connectivity index (χ4n) is 3.43. The number of benzene rings is 1. The molecule has 7 nitrogen and oxygen atoms in total. The number of hydrogen-bond acceptors (Lipinski definition) is 5. The van der Waals surface area contributed by atoms with E-state index >= 15 is 0 Å². The summed E-state index contributed by atoms with van der Waals surface area (Å²) >= 11 is 0. The van der Waals surface area contributed by atoms with Gasteiger partial charge in [-0.15, -0.1) is 0 Å². The molecule has 0 saturated carbocycles. The molecule has 2 aliphatic rings. The van der Waals surface area contributed by atoms with Crippen LogP contribution in [-0.4, -0.2) is 74.7 Å². The molecule has 0 radical (unpaired) electrons. The van der Waals surface area contributed by atoms with Gasteiger partial charge < -0.3 is 24.0 Å². The number of carbonyl (C=O) groups is 2. The summed E-state index contributed by atoms with van der Waals surface area (Å²) in [7, 11) is 3.12. The summed E-state index contributed by atoms with van der Waals surface area (Å²) in [4.78, 5) is 29.1. The fourth-order valence-corrected chi connectivity index (χ4v) is 3.43. The predicted molar refractivity (Wildman–Crippen MR) is 95.6 cm³/mol. The summed E-state index contributed by atoms with van der Waals surface area (Å²) in [5.41, 5.74) is 0.528. The van der Waals surface area contributed by atoms with Gasteiger partial charge in [-0.25, -0.2) is 0 Å². The molecule has 7 heteroatoms. The minimum absolute atomic E-state index is 0.0554. The van der Waals surface area contributed by atoms with Gasteiger partial charge in [-0.05, 0) is 31.4 Å². The van der Waals surface area contributed by atoms with Crippen molar-refractivity contribution in [3.05, 3.63) is 23.8 Å². The van der Waals surface area contributed by atoms with Crippen LogP contribution >= 0.6 is 0 Å². The molecular weight excluding hydrogens is 336 g/mol. The van der Waals surface area contributed by atoms with Crippen molar-refractivity contribution in [3.63, 3.8) is 0 Å².